The summed E-state index contributed by atoms with van der Waals surface area (Å²) in [5, 5.41) is 5.43. The van der Waals surface area contributed by atoms with E-state index in [-0.39, 0.29) is 12.5 Å². The molecule has 4 N–H and O–H groups in total. The van der Waals surface area contributed by atoms with E-state index in [4.69, 9.17) is 10.5 Å². The molecule has 2 fully saturated rings. The number of carbonyl (C=O) groups excluding carboxylic acids is 3. The van der Waals surface area contributed by atoms with E-state index < -0.39 is 17.5 Å². The Morgan fingerprint density at radius 2 is 2.04 bits per heavy atom. The van der Waals surface area contributed by atoms with E-state index in [0.717, 1.165) is 24.2 Å². The highest BCUT2D eigenvalue weighted by Crippen LogP contribution is 2.33. The van der Waals surface area contributed by atoms with Crippen LogP contribution in [0, 0.1) is 0 Å². The number of nitrogens with two attached hydrogens (primary N) is 1. The van der Waals surface area contributed by atoms with Crippen LogP contribution in [0.25, 0.3) is 0 Å². The van der Waals surface area contributed by atoms with Gasteiger partial charge in [-0.25, -0.2) is 4.79 Å². The first-order chi connectivity index (χ1) is 11.9. The lowest BCUT2D eigenvalue weighted by atomic mass is 9.82. The summed E-state index contributed by atoms with van der Waals surface area (Å²) in [6.45, 7) is -0.321. The van der Waals surface area contributed by atoms with Crippen LogP contribution in [0.4, 0.5) is 16.2 Å². The molecule has 0 aromatic heterocycles. The molecule has 25 heavy (non-hydrogen) atoms. The van der Waals surface area contributed by atoms with Crippen molar-refractivity contribution in [3.8, 4) is 5.75 Å². The molecule has 1 heterocycles. The van der Waals surface area contributed by atoms with Crippen LogP contribution < -0.4 is 21.1 Å². The van der Waals surface area contributed by atoms with Gasteiger partial charge in [-0.3, -0.25) is 14.5 Å². The Morgan fingerprint density at radius 3 is 2.68 bits per heavy atom. The number of urea groups is 1. The maximum Gasteiger partial charge on any atom is 0.325 e. The Labute approximate surface area is 145 Å². The first kappa shape index (κ1) is 17.1. The molecule has 4 amide bonds. The van der Waals surface area contributed by atoms with Gasteiger partial charge in [-0.05, 0) is 31.0 Å². The largest absolute Gasteiger partial charge is 0.495 e. The number of anilines is 2. The molecule has 0 atom stereocenters. The van der Waals surface area contributed by atoms with E-state index in [9.17, 15) is 14.4 Å². The second-order valence-corrected chi connectivity index (χ2v) is 6.47. The van der Waals surface area contributed by atoms with Crippen molar-refractivity contribution in [3.05, 3.63) is 18.2 Å². The zero-order chi connectivity index (χ0) is 18.0. The summed E-state index contributed by atoms with van der Waals surface area (Å²) >= 11 is 0. The van der Waals surface area contributed by atoms with Gasteiger partial charge in [0.1, 0.15) is 17.8 Å². The van der Waals surface area contributed by atoms with Crippen LogP contribution >= 0.6 is 0 Å². The summed E-state index contributed by atoms with van der Waals surface area (Å²) in [4.78, 5) is 38.0. The molecular formula is C17H22N4O4. The minimum atomic E-state index is -0.819. The van der Waals surface area contributed by atoms with Crippen LogP contribution in [0.2, 0.25) is 0 Å². The predicted octanol–water partition coefficient (Wildman–Crippen LogP) is 1.47. The van der Waals surface area contributed by atoms with Crippen molar-refractivity contribution in [2.45, 2.75) is 37.6 Å². The number of imide groups is 1. The molecule has 1 aliphatic heterocycles. The van der Waals surface area contributed by atoms with Gasteiger partial charge in [0.15, 0.2) is 0 Å². The van der Waals surface area contributed by atoms with Crippen molar-refractivity contribution < 1.29 is 19.1 Å². The third-order valence-corrected chi connectivity index (χ3v) is 4.77. The monoisotopic (exact) mass is 346 g/mol. The molecule has 2 aliphatic rings. The molecule has 1 aromatic carbocycles. The summed E-state index contributed by atoms with van der Waals surface area (Å²) in [6.07, 6.45) is 4.12. The van der Waals surface area contributed by atoms with Gasteiger partial charge >= 0.3 is 6.03 Å². The number of benzene rings is 1. The molecule has 1 aromatic rings. The smallest absolute Gasteiger partial charge is 0.325 e. The summed E-state index contributed by atoms with van der Waals surface area (Å²) in [5.74, 6) is -0.256. The van der Waals surface area contributed by atoms with Gasteiger partial charge in [-0.2, -0.15) is 0 Å². The zero-order valence-corrected chi connectivity index (χ0v) is 14.1. The fourth-order valence-corrected chi connectivity index (χ4v) is 3.47. The average molecular weight is 346 g/mol. The first-order valence-electron chi connectivity index (χ1n) is 8.33. The van der Waals surface area contributed by atoms with E-state index in [1.807, 2.05) is 0 Å². The van der Waals surface area contributed by atoms with Crippen LogP contribution in [-0.4, -0.2) is 41.9 Å². The molecule has 3 rings (SSSR count). The van der Waals surface area contributed by atoms with E-state index in [0.29, 0.717) is 30.0 Å². The highest BCUT2D eigenvalue weighted by Gasteiger charge is 2.51. The maximum atomic E-state index is 12.6. The number of amides is 4. The van der Waals surface area contributed by atoms with Crippen molar-refractivity contribution in [1.82, 2.24) is 10.2 Å². The number of carbonyl (C=O) groups is 3. The highest BCUT2D eigenvalue weighted by atomic mass is 16.5. The van der Waals surface area contributed by atoms with Gasteiger partial charge in [0, 0.05) is 5.69 Å². The van der Waals surface area contributed by atoms with Crippen LogP contribution in [0.15, 0.2) is 18.2 Å². The predicted molar refractivity (Wildman–Crippen MR) is 92.1 cm³/mol. The molecule has 1 aliphatic carbocycles. The lowest BCUT2D eigenvalue weighted by Crippen LogP contribution is -2.48. The normalized spacial score (nSPS) is 19.0. The van der Waals surface area contributed by atoms with Gasteiger partial charge in [-0.1, -0.05) is 19.3 Å². The molecular weight excluding hydrogens is 324 g/mol. The van der Waals surface area contributed by atoms with Gasteiger partial charge in [0.05, 0.1) is 12.8 Å². The number of nitrogens with one attached hydrogen (secondary N) is 2. The van der Waals surface area contributed by atoms with Crippen molar-refractivity contribution in [1.29, 1.82) is 0 Å². The number of hydrogen-bond donors (Lipinski definition) is 3. The third-order valence-electron chi connectivity index (χ3n) is 4.77. The second-order valence-electron chi connectivity index (χ2n) is 6.47. The highest BCUT2D eigenvalue weighted by molar-refractivity contribution is 6.10. The molecule has 8 nitrogen and oxygen atoms in total. The minimum Gasteiger partial charge on any atom is -0.495 e. The van der Waals surface area contributed by atoms with Crippen molar-refractivity contribution >= 4 is 29.2 Å². The molecule has 0 radical (unpaired) electrons. The molecule has 0 bridgehead atoms. The molecule has 1 spiro atoms. The Morgan fingerprint density at radius 1 is 1.32 bits per heavy atom. The van der Waals surface area contributed by atoms with Gasteiger partial charge in [0.2, 0.25) is 5.91 Å². The van der Waals surface area contributed by atoms with Crippen LogP contribution in [-0.2, 0) is 9.59 Å². The van der Waals surface area contributed by atoms with E-state index in [2.05, 4.69) is 10.6 Å². The Hall–Kier alpha value is -2.77. The summed E-state index contributed by atoms with van der Waals surface area (Å²) in [6, 6.07) is 4.33. The van der Waals surface area contributed by atoms with E-state index >= 15 is 0 Å². The molecule has 1 saturated heterocycles. The first-order valence-corrected chi connectivity index (χ1v) is 8.33. The number of rotatable bonds is 4. The fraction of sp³-hybridized carbons (Fsp3) is 0.471. The van der Waals surface area contributed by atoms with Crippen molar-refractivity contribution in [3.63, 3.8) is 0 Å². The van der Waals surface area contributed by atoms with Crippen molar-refractivity contribution in [2.24, 2.45) is 0 Å². The van der Waals surface area contributed by atoms with Gasteiger partial charge in [-0.15, -0.1) is 0 Å². The third kappa shape index (κ3) is 3.24. The number of nitrogens with zero attached hydrogens (tertiary/aromatic N) is 1. The quantitative estimate of drug-likeness (QED) is 0.564. The van der Waals surface area contributed by atoms with Crippen LogP contribution in [0.3, 0.4) is 0 Å². The number of hydrogen-bond acceptors (Lipinski definition) is 5. The lowest BCUT2D eigenvalue weighted by molar-refractivity contribution is -0.134. The van der Waals surface area contributed by atoms with Gasteiger partial charge < -0.3 is 21.1 Å². The fourth-order valence-electron chi connectivity index (χ4n) is 3.47. The Bertz CT molecular complexity index is 713. The summed E-state index contributed by atoms with van der Waals surface area (Å²) in [5.41, 5.74) is 5.84. The minimum absolute atomic E-state index is 0.304. The molecule has 8 heteroatoms. The lowest BCUT2D eigenvalue weighted by Gasteiger charge is -2.30. The Balaban J connectivity index is 1.65. The zero-order valence-electron chi connectivity index (χ0n) is 14.1. The topological polar surface area (TPSA) is 114 Å². The SMILES string of the molecule is COc1ccc(NC(=O)CN2C(=O)NC3(CCCCC3)C2=O)cc1N. The average Bonchev–Trinajstić information content (AvgIpc) is 2.80. The molecule has 134 valence electrons. The second kappa shape index (κ2) is 6.62. The summed E-state index contributed by atoms with van der Waals surface area (Å²) < 4.78 is 5.06. The van der Waals surface area contributed by atoms with E-state index in [1.165, 1.54) is 7.11 Å². The van der Waals surface area contributed by atoms with Crippen LogP contribution in [0.1, 0.15) is 32.1 Å². The summed E-state index contributed by atoms with van der Waals surface area (Å²) in [7, 11) is 1.50. The number of methoxy groups -OCH3 is 1. The Kier molecular flexibility index (Phi) is 4.52. The standard InChI is InChI=1S/C17H22N4O4/c1-25-13-6-5-11(9-12(13)18)19-14(22)10-21-15(23)17(20-16(21)24)7-3-2-4-8-17/h5-6,9H,2-4,7-8,10,18H2,1H3,(H,19,22)(H,20,24). The maximum absolute atomic E-state index is 12.6. The van der Waals surface area contributed by atoms with Crippen LogP contribution in [0.5, 0.6) is 5.75 Å². The molecule has 0 unspecified atom stereocenters. The molecule has 1 saturated carbocycles. The van der Waals surface area contributed by atoms with E-state index in [1.54, 1.807) is 18.2 Å². The van der Waals surface area contributed by atoms with Gasteiger partial charge in [0.25, 0.3) is 5.91 Å². The number of ether oxygens (including phenoxy) is 1. The van der Waals surface area contributed by atoms with Crippen molar-refractivity contribution in [2.75, 3.05) is 24.7 Å². The number of nitrogen functional groups attached to an aromatic ring is 1.